The molecule has 0 radical (unpaired) electrons. The molecule has 1 fully saturated rings. The molecule has 0 aliphatic carbocycles. The maximum absolute atomic E-state index is 3.59. The Balaban J connectivity index is 2.77. The molecule has 1 aliphatic heterocycles. The van der Waals surface area contributed by atoms with Gasteiger partial charge in [0, 0.05) is 0 Å². The van der Waals surface area contributed by atoms with E-state index in [1.54, 1.807) is 0 Å². The molecular weight excluding hydrogens is 182 g/mol. The first kappa shape index (κ1) is 13.0. The third-order valence-corrected chi connectivity index (χ3v) is 4.25. The van der Waals surface area contributed by atoms with Gasteiger partial charge >= 0.3 is 0 Å². The zero-order valence-corrected chi connectivity index (χ0v) is 11.1. The number of piperidine rings is 1. The molecule has 15 heavy (non-hydrogen) atoms. The molecule has 0 aromatic rings. The van der Waals surface area contributed by atoms with Gasteiger partial charge < -0.3 is 5.32 Å². The van der Waals surface area contributed by atoms with Gasteiger partial charge in [0.25, 0.3) is 0 Å². The average Bonchev–Trinajstić information content (AvgIpc) is 2.18. The molecule has 1 unspecified atom stereocenters. The molecule has 1 aliphatic rings. The first-order chi connectivity index (χ1) is 7.16. The zero-order valence-electron chi connectivity index (χ0n) is 11.1. The van der Waals surface area contributed by atoms with Crippen LogP contribution in [0.5, 0.6) is 0 Å². The summed E-state index contributed by atoms with van der Waals surface area (Å²) in [4.78, 5) is 0. The Morgan fingerprint density at radius 2 is 1.80 bits per heavy atom. The van der Waals surface area contributed by atoms with Crippen LogP contribution < -0.4 is 5.32 Å². The van der Waals surface area contributed by atoms with E-state index >= 15 is 0 Å². The van der Waals surface area contributed by atoms with E-state index in [2.05, 4.69) is 33.0 Å². The molecule has 0 aromatic carbocycles. The predicted molar refractivity (Wildman–Crippen MR) is 68.1 cm³/mol. The van der Waals surface area contributed by atoms with E-state index in [1.165, 1.54) is 45.2 Å². The highest BCUT2D eigenvalue weighted by atomic mass is 14.9. The Morgan fingerprint density at radius 1 is 1.20 bits per heavy atom. The van der Waals surface area contributed by atoms with Crippen LogP contribution in [0.25, 0.3) is 0 Å². The summed E-state index contributed by atoms with van der Waals surface area (Å²) in [5.41, 5.74) is 0.656. The minimum absolute atomic E-state index is 0.656. The SMILES string of the molecule is CCCC1(CCC)CCNCC1C(C)C. The lowest BCUT2D eigenvalue weighted by Crippen LogP contribution is -2.47. The molecular formula is C14H29N. The normalized spacial score (nSPS) is 25.8. The van der Waals surface area contributed by atoms with Crippen molar-refractivity contribution in [3.05, 3.63) is 0 Å². The summed E-state index contributed by atoms with van der Waals surface area (Å²) in [5.74, 6) is 1.72. The fourth-order valence-corrected chi connectivity index (χ4v) is 3.68. The summed E-state index contributed by atoms with van der Waals surface area (Å²) in [6, 6.07) is 0. The molecule has 1 saturated heterocycles. The van der Waals surface area contributed by atoms with Crippen molar-refractivity contribution in [1.82, 2.24) is 5.32 Å². The van der Waals surface area contributed by atoms with E-state index in [0.717, 1.165) is 11.8 Å². The molecule has 0 saturated carbocycles. The Labute approximate surface area is 96.0 Å². The Kier molecular flexibility index (Phi) is 5.11. The summed E-state index contributed by atoms with van der Waals surface area (Å²) in [6.07, 6.45) is 6.97. The van der Waals surface area contributed by atoms with E-state index in [-0.39, 0.29) is 0 Å². The van der Waals surface area contributed by atoms with Gasteiger partial charge in [-0.1, -0.05) is 40.5 Å². The van der Waals surface area contributed by atoms with Crippen molar-refractivity contribution in [2.45, 2.75) is 59.8 Å². The molecule has 1 heteroatoms. The second-order valence-corrected chi connectivity index (χ2v) is 5.67. The van der Waals surface area contributed by atoms with Crippen molar-refractivity contribution in [3.63, 3.8) is 0 Å². The van der Waals surface area contributed by atoms with Crippen LogP contribution in [0.1, 0.15) is 59.8 Å². The summed E-state index contributed by atoms with van der Waals surface area (Å²) in [7, 11) is 0. The van der Waals surface area contributed by atoms with Gasteiger partial charge in [-0.2, -0.15) is 0 Å². The Bertz CT molecular complexity index is 163. The van der Waals surface area contributed by atoms with Crippen LogP contribution in [0, 0.1) is 17.3 Å². The Hall–Kier alpha value is -0.0400. The molecule has 1 heterocycles. The molecule has 90 valence electrons. The fraction of sp³-hybridized carbons (Fsp3) is 1.00. The van der Waals surface area contributed by atoms with Crippen LogP contribution in [-0.4, -0.2) is 13.1 Å². The lowest BCUT2D eigenvalue weighted by molar-refractivity contribution is 0.0497. The van der Waals surface area contributed by atoms with Gasteiger partial charge in [-0.15, -0.1) is 0 Å². The second-order valence-electron chi connectivity index (χ2n) is 5.67. The molecule has 1 atom stereocenters. The van der Waals surface area contributed by atoms with Crippen LogP contribution >= 0.6 is 0 Å². The standard InChI is InChI=1S/C14H29N/c1-5-7-14(8-6-2)9-10-15-11-13(14)12(3)4/h12-13,15H,5-11H2,1-4H3. The van der Waals surface area contributed by atoms with Crippen molar-refractivity contribution in [1.29, 1.82) is 0 Å². The number of hydrogen-bond donors (Lipinski definition) is 1. The van der Waals surface area contributed by atoms with Crippen molar-refractivity contribution in [2.75, 3.05) is 13.1 Å². The molecule has 0 amide bonds. The Morgan fingerprint density at radius 3 is 2.27 bits per heavy atom. The van der Waals surface area contributed by atoms with E-state index in [4.69, 9.17) is 0 Å². The largest absolute Gasteiger partial charge is 0.316 e. The molecule has 1 nitrogen and oxygen atoms in total. The van der Waals surface area contributed by atoms with Crippen molar-refractivity contribution in [2.24, 2.45) is 17.3 Å². The van der Waals surface area contributed by atoms with E-state index < -0.39 is 0 Å². The minimum Gasteiger partial charge on any atom is -0.316 e. The first-order valence-corrected chi connectivity index (χ1v) is 6.87. The summed E-state index contributed by atoms with van der Waals surface area (Å²) in [6.45, 7) is 12.0. The number of hydrogen-bond acceptors (Lipinski definition) is 1. The van der Waals surface area contributed by atoms with Crippen molar-refractivity contribution < 1.29 is 0 Å². The monoisotopic (exact) mass is 211 g/mol. The molecule has 0 bridgehead atoms. The van der Waals surface area contributed by atoms with E-state index in [1.807, 2.05) is 0 Å². The van der Waals surface area contributed by atoms with Gasteiger partial charge in [-0.05, 0) is 49.6 Å². The molecule has 1 rings (SSSR count). The minimum atomic E-state index is 0.656. The van der Waals surface area contributed by atoms with Crippen LogP contribution in [-0.2, 0) is 0 Å². The molecule has 1 N–H and O–H groups in total. The molecule has 0 aromatic heterocycles. The lowest BCUT2D eigenvalue weighted by Gasteiger charge is -2.47. The summed E-state index contributed by atoms with van der Waals surface area (Å²) >= 11 is 0. The van der Waals surface area contributed by atoms with Crippen LogP contribution in [0.15, 0.2) is 0 Å². The average molecular weight is 211 g/mol. The third-order valence-electron chi connectivity index (χ3n) is 4.25. The summed E-state index contributed by atoms with van der Waals surface area (Å²) in [5, 5.41) is 3.59. The highest BCUT2D eigenvalue weighted by Gasteiger charge is 2.40. The first-order valence-electron chi connectivity index (χ1n) is 6.87. The van der Waals surface area contributed by atoms with Gasteiger partial charge in [0.15, 0.2) is 0 Å². The maximum Gasteiger partial charge on any atom is -0.00127 e. The molecule has 0 spiro atoms. The smallest absolute Gasteiger partial charge is 0.00127 e. The van der Waals surface area contributed by atoms with Gasteiger partial charge in [0.1, 0.15) is 0 Å². The lowest BCUT2D eigenvalue weighted by atomic mass is 9.62. The predicted octanol–water partition coefficient (Wildman–Crippen LogP) is 3.84. The maximum atomic E-state index is 3.59. The quantitative estimate of drug-likeness (QED) is 0.728. The zero-order chi connectivity index (χ0) is 11.3. The van der Waals surface area contributed by atoms with Crippen LogP contribution in [0.2, 0.25) is 0 Å². The number of nitrogens with one attached hydrogen (secondary N) is 1. The fourth-order valence-electron chi connectivity index (χ4n) is 3.68. The topological polar surface area (TPSA) is 12.0 Å². The van der Waals surface area contributed by atoms with Crippen molar-refractivity contribution >= 4 is 0 Å². The summed E-state index contributed by atoms with van der Waals surface area (Å²) < 4.78 is 0. The van der Waals surface area contributed by atoms with Gasteiger partial charge in [-0.3, -0.25) is 0 Å². The van der Waals surface area contributed by atoms with E-state index in [9.17, 15) is 0 Å². The highest BCUT2D eigenvalue weighted by molar-refractivity contribution is 4.92. The van der Waals surface area contributed by atoms with Crippen molar-refractivity contribution in [3.8, 4) is 0 Å². The number of rotatable bonds is 5. The van der Waals surface area contributed by atoms with Crippen LogP contribution in [0.4, 0.5) is 0 Å². The van der Waals surface area contributed by atoms with Gasteiger partial charge in [-0.25, -0.2) is 0 Å². The second kappa shape index (κ2) is 5.89. The third kappa shape index (κ3) is 2.96. The van der Waals surface area contributed by atoms with Crippen LogP contribution in [0.3, 0.4) is 0 Å². The van der Waals surface area contributed by atoms with Gasteiger partial charge in [0.2, 0.25) is 0 Å². The highest BCUT2D eigenvalue weighted by Crippen LogP contribution is 2.45. The van der Waals surface area contributed by atoms with E-state index in [0.29, 0.717) is 5.41 Å². The van der Waals surface area contributed by atoms with Gasteiger partial charge in [0.05, 0.1) is 0 Å².